The third-order valence-electron chi connectivity index (χ3n) is 4.50. The first-order chi connectivity index (χ1) is 11.5. The van der Waals surface area contributed by atoms with E-state index in [9.17, 15) is 9.18 Å². The predicted octanol–water partition coefficient (Wildman–Crippen LogP) is 2.83. The number of benzene rings is 1. The van der Waals surface area contributed by atoms with E-state index in [0.717, 1.165) is 12.1 Å². The molecular weight excluding hydrogens is 309 g/mol. The van der Waals surface area contributed by atoms with Crippen LogP contribution in [0.2, 0.25) is 0 Å². The van der Waals surface area contributed by atoms with Crippen molar-refractivity contribution < 1.29 is 13.9 Å². The maximum Gasteiger partial charge on any atom is 0.251 e. The molecule has 1 amide bonds. The molecule has 128 valence electrons. The molecule has 2 aromatic rings. The number of imidazole rings is 1. The van der Waals surface area contributed by atoms with Crippen LogP contribution in [0.1, 0.15) is 46.1 Å². The van der Waals surface area contributed by atoms with Gasteiger partial charge in [-0.05, 0) is 49.9 Å². The Morgan fingerprint density at radius 3 is 2.71 bits per heavy atom. The topological polar surface area (TPSA) is 56.1 Å². The SMILES string of the molecule is Cc1cc(C(=O)N[C@H]2CCO[C@H](c3cncn3C)C2)cc(C)c1F. The molecule has 0 aliphatic carbocycles. The molecule has 1 aliphatic rings. The fourth-order valence-corrected chi connectivity index (χ4v) is 3.16. The van der Waals surface area contributed by atoms with Crippen LogP contribution in [0.25, 0.3) is 0 Å². The number of aromatic nitrogens is 2. The standard InChI is InChI=1S/C18H22FN3O2/c1-11-6-13(7-12(2)17(11)19)18(23)21-14-4-5-24-16(8-14)15-9-20-10-22(15)3/h6-7,9-10,14,16H,4-5,8H2,1-3H3,(H,21,23)/t14-,16-/m0/s1. The van der Waals surface area contributed by atoms with E-state index in [-0.39, 0.29) is 23.9 Å². The molecule has 0 radical (unpaired) electrons. The first-order valence-corrected chi connectivity index (χ1v) is 8.11. The number of carbonyl (C=O) groups excluding carboxylic acids is 1. The van der Waals surface area contributed by atoms with Crippen LogP contribution >= 0.6 is 0 Å². The first-order valence-electron chi connectivity index (χ1n) is 8.11. The largest absolute Gasteiger partial charge is 0.372 e. The lowest BCUT2D eigenvalue weighted by atomic mass is 10.00. The Balaban J connectivity index is 1.69. The molecule has 24 heavy (non-hydrogen) atoms. The summed E-state index contributed by atoms with van der Waals surface area (Å²) in [5.74, 6) is -0.425. The van der Waals surface area contributed by atoms with E-state index in [2.05, 4.69) is 10.3 Å². The van der Waals surface area contributed by atoms with Crippen molar-refractivity contribution in [2.45, 2.75) is 38.8 Å². The van der Waals surface area contributed by atoms with Gasteiger partial charge in [-0.3, -0.25) is 4.79 Å². The fourth-order valence-electron chi connectivity index (χ4n) is 3.16. The van der Waals surface area contributed by atoms with E-state index in [1.165, 1.54) is 0 Å². The second-order valence-corrected chi connectivity index (χ2v) is 6.41. The molecule has 1 N–H and O–H groups in total. The summed E-state index contributed by atoms with van der Waals surface area (Å²) in [5, 5.41) is 3.05. The number of rotatable bonds is 3. The highest BCUT2D eigenvalue weighted by molar-refractivity contribution is 5.94. The average molecular weight is 331 g/mol. The number of hydrogen-bond acceptors (Lipinski definition) is 3. The van der Waals surface area contributed by atoms with Crippen LogP contribution in [0.3, 0.4) is 0 Å². The third-order valence-corrected chi connectivity index (χ3v) is 4.50. The maximum absolute atomic E-state index is 13.7. The quantitative estimate of drug-likeness (QED) is 0.941. The van der Waals surface area contributed by atoms with Crippen molar-refractivity contribution in [3.63, 3.8) is 0 Å². The van der Waals surface area contributed by atoms with E-state index in [0.29, 0.717) is 29.7 Å². The van der Waals surface area contributed by atoms with E-state index in [1.54, 1.807) is 38.5 Å². The monoisotopic (exact) mass is 331 g/mol. The van der Waals surface area contributed by atoms with Gasteiger partial charge in [0, 0.05) is 25.3 Å². The Hall–Kier alpha value is -2.21. The summed E-state index contributed by atoms with van der Waals surface area (Å²) in [6, 6.07) is 3.21. The maximum atomic E-state index is 13.7. The molecule has 1 aromatic carbocycles. The summed E-state index contributed by atoms with van der Waals surface area (Å²) in [6.07, 6.45) is 4.92. The van der Waals surface area contributed by atoms with Crippen LogP contribution < -0.4 is 5.32 Å². The lowest BCUT2D eigenvalue weighted by Gasteiger charge is -2.30. The van der Waals surface area contributed by atoms with Crippen LogP contribution in [0.5, 0.6) is 0 Å². The fraction of sp³-hybridized carbons (Fsp3) is 0.444. The normalized spacial score (nSPS) is 20.8. The van der Waals surface area contributed by atoms with E-state index >= 15 is 0 Å². The Kier molecular flexibility index (Phi) is 4.66. The summed E-state index contributed by atoms with van der Waals surface area (Å²) in [7, 11) is 1.93. The highest BCUT2D eigenvalue weighted by atomic mass is 19.1. The van der Waals surface area contributed by atoms with Gasteiger partial charge in [0.05, 0.1) is 18.2 Å². The van der Waals surface area contributed by atoms with Crippen molar-refractivity contribution >= 4 is 5.91 Å². The summed E-state index contributed by atoms with van der Waals surface area (Å²) in [4.78, 5) is 16.6. The Morgan fingerprint density at radius 1 is 1.38 bits per heavy atom. The molecule has 2 heterocycles. The number of nitrogens with zero attached hydrogens (tertiary/aromatic N) is 2. The van der Waals surface area contributed by atoms with Gasteiger partial charge in [-0.1, -0.05) is 0 Å². The second-order valence-electron chi connectivity index (χ2n) is 6.41. The van der Waals surface area contributed by atoms with Crippen molar-refractivity contribution in [1.29, 1.82) is 0 Å². The number of aryl methyl sites for hydroxylation is 3. The van der Waals surface area contributed by atoms with Crippen LogP contribution in [0.15, 0.2) is 24.7 Å². The molecule has 1 fully saturated rings. The predicted molar refractivity (Wildman–Crippen MR) is 88.3 cm³/mol. The Labute approximate surface area is 140 Å². The minimum Gasteiger partial charge on any atom is -0.372 e. The van der Waals surface area contributed by atoms with Crippen LogP contribution in [0, 0.1) is 19.7 Å². The summed E-state index contributed by atoms with van der Waals surface area (Å²) >= 11 is 0. The van der Waals surface area contributed by atoms with Gasteiger partial charge < -0.3 is 14.6 Å². The lowest BCUT2D eigenvalue weighted by Crippen LogP contribution is -2.40. The number of ether oxygens (including phenoxy) is 1. The Bertz CT molecular complexity index is 733. The molecule has 0 unspecified atom stereocenters. The molecular formula is C18H22FN3O2. The zero-order valence-electron chi connectivity index (χ0n) is 14.2. The van der Waals surface area contributed by atoms with Gasteiger partial charge in [-0.2, -0.15) is 0 Å². The summed E-state index contributed by atoms with van der Waals surface area (Å²) < 4.78 is 21.5. The Morgan fingerprint density at radius 2 is 2.08 bits per heavy atom. The lowest BCUT2D eigenvalue weighted by molar-refractivity contribution is -0.00301. The van der Waals surface area contributed by atoms with Crippen molar-refractivity contribution in [2.75, 3.05) is 6.61 Å². The summed E-state index contributed by atoms with van der Waals surface area (Å²) in [5.41, 5.74) is 2.47. The molecule has 5 nitrogen and oxygen atoms in total. The molecule has 0 spiro atoms. The molecule has 1 aromatic heterocycles. The molecule has 2 atom stereocenters. The average Bonchev–Trinajstić information content (AvgIpc) is 2.98. The van der Waals surface area contributed by atoms with Gasteiger partial charge >= 0.3 is 0 Å². The van der Waals surface area contributed by atoms with Crippen molar-refractivity contribution in [2.24, 2.45) is 7.05 Å². The smallest absolute Gasteiger partial charge is 0.251 e. The van der Waals surface area contributed by atoms with Gasteiger partial charge in [0.15, 0.2) is 0 Å². The van der Waals surface area contributed by atoms with Crippen LogP contribution in [0.4, 0.5) is 4.39 Å². The number of halogens is 1. The van der Waals surface area contributed by atoms with E-state index in [4.69, 9.17) is 4.74 Å². The molecule has 3 rings (SSSR count). The number of hydrogen-bond donors (Lipinski definition) is 1. The minimum atomic E-state index is -0.256. The first kappa shape index (κ1) is 16.6. The zero-order chi connectivity index (χ0) is 17.3. The second kappa shape index (κ2) is 6.73. The number of amides is 1. The van der Waals surface area contributed by atoms with Gasteiger partial charge in [0.2, 0.25) is 0 Å². The minimum absolute atomic E-state index is 0.0248. The molecule has 0 bridgehead atoms. The number of carbonyl (C=O) groups is 1. The van der Waals surface area contributed by atoms with E-state index in [1.807, 2.05) is 11.6 Å². The van der Waals surface area contributed by atoms with Crippen LogP contribution in [-0.2, 0) is 11.8 Å². The van der Waals surface area contributed by atoms with Gasteiger partial charge in [0.1, 0.15) is 11.9 Å². The van der Waals surface area contributed by atoms with Crippen molar-refractivity contribution in [3.05, 3.63) is 52.9 Å². The van der Waals surface area contributed by atoms with Crippen molar-refractivity contribution in [3.8, 4) is 0 Å². The van der Waals surface area contributed by atoms with Crippen molar-refractivity contribution in [1.82, 2.24) is 14.9 Å². The zero-order valence-corrected chi connectivity index (χ0v) is 14.2. The molecule has 6 heteroatoms. The van der Waals surface area contributed by atoms with Gasteiger partial charge in [-0.25, -0.2) is 9.37 Å². The van der Waals surface area contributed by atoms with E-state index < -0.39 is 0 Å². The number of nitrogens with one attached hydrogen (secondary N) is 1. The highest BCUT2D eigenvalue weighted by Crippen LogP contribution is 2.27. The molecule has 0 saturated carbocycles. The summed E-state index contributed by atoms with van der Waals surface area (Å²) in [6.45, 7) is 3.93. The molecule has 1 aliphatic heterocycles. The third kappa shape index (κ3) is 3.33. The van der Waals surface area contributed by atoms with Crippen LogP contribution in [-0.4, -0.2) is 28.1 Å². The van der Waals surface area contributed by atoms with Gasteiger partial charge in [-0.15, -0.1) is 0 Å². The molecule has 1 saturated heterocycles. The highest BCUT2D eigenvalue weighted by Gasteiger charge is 2.27. The van der Waals surface area contributed by atoms with Gasteiger partial charge in [0.25, 0.3) is 5.91 Å².